The quantitative estimate of drug-likeness (QED) is 0.825. The Morgan fingerprint density at radius 2 is 1.89 bits per heavy atom. The fraction of sp³-hybridized carbons (Fsp3) is 0.375. The van der Waals surface area contributed by atoms with Crippen LogP contribution in [0.1, 0.15) is 25.2 Å². The molecule has 0 saturated heterocycles. The molecule has 0 radical (unpaired) electrons. The summed E-state index contributed by atoms with van der Waals surface area (Å²) in [4.78, 5) is 0. The molecule has 1 aromatic heterocycles. The molecule has 0 aliphatic heterocycles. The summed E-state index contributed by atoms with van der Waals surface area (Å²) < 4.78 is 10.9. The molecule has 0 aliphatic rings. The number of nitrogens with one attached hydrogen (secondary N) is 1. The SMILES string of the molecule is CC(C)COc1ccc(CNCc2ccco2)cc1. The molecular weight excluding hydrogens is 238 g/mol. The van der Waals surface area contributed by atoms with Crippen molar-refractivity contribution in [1.29, 1.82) is 0 Å². The van der Waals surface area contributed by atoms with Crippen LogP contribution >= 0.6 is 0 Å². The van der Waals surface area contributed by atoms with E-state index < -0.39 is 0 Å². The number of ether oxygens (including phenoxy) is 1. The zero-order valence-electron chi connectivity index (χ0n) is 11.6. The van der Waals surface area contributed by atoms with Crippen molar-refractivity contribution in [3.63, 3.8) is 0 Å². The zero-order valence-corrected chi connectivity index (χ0v) is 11.6. The smallest absolute Gasteiger partial charge is 0.119 e. The van der Waals surface area contributed by atoms with Crippen LogP contribution in [0.2, 0.25) is 0 Å². The van der Waals surface area contributed by atoms with E-state index in [1.165, 1.54) is 5.56 Å². The lowest BCUT2D eigenvalue weighted by Crippen LogP contribution is -2.12. The van der Waals surface area contributed by atoms with E-state index in [0.29, 0.717) is 5.92 Å². The minimum absolute atomic E-state index is 0.551. The van der Waals surface area contributed by atoms with Crippen LogP contribution in [-0.4, -0.2) is 6.61 Å². The second-order valence-electron chi connectivity index (χ2n) is 5.03. The van der Waals surface area contributed by atoms with E-state index in [9.17, 15) is 0 Å². The maximum Gasteiger partial charge on any atom is 0.119 e. The third-order valence-corrected chi connectivity index (χ3v) is 2.72. The van der Waals surface area contributed by atoms with Gasteiger partial charge < -0.3 is 14.5 Å². The molecule has 1 heterocycles. The van der Waals surface area contributed by atoms with Gasteiger partial charge in [-0.15, -0.1) is 0 Å². The molecule has 2 aromatic rings. The van der Waals surface area contributed by atoms with Crippen molar-refractivity contribution in [1.82, 2.24) is 5.32 Å². The minimum Gasteiger partial charge on any atom is -0.493 e. The van der Waals surface area contributed by atoms with Gasteiger partial charge in [-0.05, 0) is 35.7 Å². The summed E-state index contributed by atoms with van der Waals surface area (Å²) in [5, 5.41) is 3.34. The third kappa shape index (κ3) is 4.79. The predicted molar refractivity (Wildman–Crippen MR) is 76.0 cm³/mol. The molecule has 0 saturated carbocycles. The summed E-state index contributed by atoms with van der Waals surface area (Å²) in [6.07, 6.45) is 1.69. The second-order valence-corrected chi connectivity index (χ2v) is 5.03. The van der Waals surface area contributed by atoms with E-state index in [1.807, 2.05) is 24.3 Å². The maximum absolute atomic E-state index is 5.65. The van der Waals surface area contributed by atoms with Gasteiger partial charge in [0.05, 0.1) is 19.4 Å². The van der Waals surface area contributed by atoms with Crippen molar-refractivity contribution in [2.24, 2.45) is 5.92 Å². The first-order valence-corrected chi connectivity index (χ1v) is 6.69. The Kier molecular flexibility index (Phi) is 5.04. The fourth-order valence-electron chi connectivity index (χ4n) is 1.71. The van der Waals surface area contributed by atoms with E-state index in [4.69, 9.17) is 9.15 Å². The Bertz CT molecular complexity index is 460. The standard InChI is InChI=1S/C16H21NO2/c1-13(2)12-19-15-7-5-14(6-8-15)10-17-11-16-4-3-9-18-16/h3-9,13,17H,10-12H2,1-2H3. The molecule has 0 spiro atoms. The monoisotopic (exact) mass is 259 g/mol. The van der Waals surface area contributed by atoms with Gasteiger partial charge in [0.25, 0.3) is 0 Å². The molecule has 19 heavy (non-hydrogen) atoms. The molecule has 102 valence electrons. The van der Waals surface area contributed by atoms with Crippen LogP contribution in [0.4, 0.5) is 0 Å². The summed E-state index contributed by atoms with van der Waals surface area (Å²) in [7, 11) is 0. The molecule has 0 fully saturated rings. The highest BCUT2D eigenvalue weighted by Gasteiger charge is 1.99. The number of hydrogen-bond donors (Lipinski definition) is 1. The molecule has 1 aromatic carbocycles. The van der Waals surface area contributed by atoms with Crippen LogP contribution in [0.25, 0.3) is 0 Å². The maximum atomic E-state index is 5.65. The van der Waals surface area contributed by atoms with Crippen LogP contribution in [-0.2, 0) is 13.1 Å². The minimum atomic E-state index is 0.551. The van der Waals surface area contributed by atoms with Crippen LogP contribution < -0.4 is 10.1 Å². The molecule has 0 aliphatic carbocycles. The first-order chi connectivity index (χ1) is 9.24. The van der Waals surface area contributed by atoms with Gasteiger partial charge in [-0.1, -0.05) is 26.0 Å². The number of benzene rings is 1. The van der Waals surface area contributed by atoms with Crippen molar-refractivity contribution in [2.75, 3.05) is 6.61 Å². The van der Waals surface area contributed by atoms with Gasteiger partial charge in [0.2, 0.25) is 0 Å². The molecule has 0 atom stereocenters. The van der Waals surface area contributed by atoms with Gasteiger partial charge in [-0.2, -0.15) is 0 Å². The molecular formula is C16H21NO2. The average Bonchev–Trinajstić information content (AvgIpc) is 2.91. The number of furan rings is 1. The predicted octanol–water partition coefficient (Wildman–Crippen LogP) is 3.60. The topological polar surface area (TPSA) is 34.4 Å². The van der Waals surface area contributed by atoms with Crippen molar-refractivity contribution < 1.29 is 9.15 Å². The summed E-state index contributed by atoms with van der Waals surface area (Å²) in [6.45, 7) is 6.62. The van der Waals surface area contributed by atoms with E-state index in [2.05, 4.69) is 31.3 Å². The van der Waals surface area contributed by atoms with E-state index in [-0.39, 0.29) is 0 Å². The first kappa shape index (κ1) is 13.7. The lowest BCUT2D eigenvalue weighted by Gasteiger charge is -2.09. The van der Waals surface area contributed by atoms with Gasteiger partial charge in [0, 0.05) is 6.54 Å². The average molecular weight is 259 g/mol. The van der Waals surface area contributed by atoms with Crippen LogP contribution in [0.5, 0.6) is 5.75 Å². The normalized spacial score (nSPS) is 10.9. The summed E-state index contributed by atoms with van der Waals surface area (Å²) >= 11 is 0. The third-order valence-electron chi connectivity index (χ3n) is 2.72. The summed E-state index contributed by atoms with van der Waals surface area (Å²) in [5.41, 5.74) is 1.24. The Labute approximate surface area is 114 Å². The van der Waals surface area contributed by atoms with E-state index >= 15 is 0 Å². The van der Waals surface area contributed by atoms with E-state index in [1.54, 1.807) is 6.26 Å². The molecule has 3 heteroatoms. The Hall–Kier alpha value is -1.74. The molecule has 3 nitrogen and oxygen atoms in total. The molecule has 0 unspecified atom stereocenters. The number of hydrogen-bond acceptors (Lipinski definition) is 3. The van der Waals surface area contributed by atoms with Crippen molar-refractivity contribution in [3.8, 4) is 5.75 Å². The van der Waals surface area contributed by atoms with Gasteiger partial charge in [0.1, 0.15) is 11.5 Å². The van der Waals surface area contributed by atoms with E-state index in [0.717, 1.165) is 31.2 Å². The van der Waals surface area contributed by atoms with Gasteiger partial charge in [-0.25, -0.2) is 0 Å². The van der Waals surface area contributed by atoms with Crippen molar-refractivity contribution in [3.05, 3.63) is 54.0 Å². The molecule has 1 N–H and O–H groups in total. The van der Waals surface area contributed by atoms with Crippen LogP contribution in [0.3, 0.4) is 0 Å². The number of rotatable bonds is 7. The summed E-state index contributed by atoms with van der Waals surface area (Å²) in [5.74, 6) is 2.44. The lowest BCUT2D eigenvalue weighted by molar-refractivity contribution is 0.271. The zero-order chi connectivity index (χ0) is 13.5. The highest BCUT2D eigenvalue weighted by Crippen LogP contribution is 2.13. The first-order valence-electron chi connectivity index (χ1n) is 6.69. The van der Waals surface area contributed by atoms with Crippen molar-refractivity contribution >= 4 is 0 Å². The Balaban J connectivity index is 1.75. The molecule has 0 bridgehead atoms. The van der Waals surface area contributed by atoms with Gasteiger partial charge in [-0.3, -0.25) is 0 Å². The molecule has 2 rings (SSSR count). The summed E-state index contributed by atoms with van der Waals surface area (Å²) in [6, 6.07) is 12.1. The fourth-order valence-corrected chi connectivity index (χ4v) is 1.71. The molecule has 0 amide bonds. The van der Waals surface area contributed by atoms with Gasteiger partial charge in [0.15, 0.2) is 0 Å². The van der Waals surface area contributed by atoms with Crippen molar-refractivity contribution in [2.45, 2.75) is 26.9 Å². The highest BCUT2D eigenvalue weighted by atomic mass is 16.5. The van der Waals surface area contributed by atoms with Crippen LogP contribution in [0.15, 0.2) is 47.1 Å². The Morgan fingerprint density at radius 1 is 1.11 bits per heavy atom. The second kappa shape index (κ2) is 7.00. The van der Waals surface area contributed by atoms with Crippen LogP contribution in [0, 0.1) is 5.92 Å². The van der Waals surface area contributed by atoms with Gasteiger partial charge >= 0.3 is 0 Å². The Morgan fingerprint density at radius 3 is 2.53 bits per heavy atom. The highest BCUT2D eigenvalue weighted by molar-refractivity contribution is 5.27. The largest absolute Gasteiger partial charge is 0.493 e. The lowest BCUT2D eigenvalue weighted by atomic mass is 10.2.